The van der Waals surface area contributed by atoms with Crippen LogP contribution in [0.3, 0.4) is 0 Å². The molecule has 2 saturated carbocycles. The van der Waals surface area contributed by atoms with E-state index in [-0.39, 0.29) is 7.92 Å². The molecule has 0 aliphatic heterocycles. The molecule has 2 aliphatic carbocycles. The number of rotatable bonds is 6. The molecule has 6 aromatic rings. The summed E-state index contributed by atoms with van der Waals surface area (Å²) in [6, 6.07) is 48.3. The smallest absolute Gasteiger partial charge is 0.00200 e. The molecule has 2 fully saturated rings. The van der Waals surface area contributed by atoms with E-state index >= 15 is 0 Å². The molecule has 8 rings (SSSR count). The van der Waals surface area contributed by atoms with Crippen molar-refractivity contribution in [2.75, 3.05) is 0 Å². The van der Waals surface area contributed by atoms with Crippen LogP contribution in [0.15, 0.2) is 127 Å². The van der Waals surface area contributed by atoms with Gasteiger partial charge in [0.2, 0.25) is 0 Å². The summed E-state index contributed by atoms with van der Waals surface area (Å²) in [6.45, 7) is 0. The van der Waals surface area contributed by atoms with E-state index in [0.717, 1.165) is 11.3 Å². The first-order chi connectivity index (χ1) is 22.4. The summed E-state index contributed by atoms with van der Waals surface area (Å²) in [7, 11) is -0.268. The van der Waals surface area contributed by atoms with Crippen molar-refractivity contribution in [2.24, 2.45) is 0 Å². The molecule has 0 aromatic heterocycles. The Hall–Kier alpha value is -3.73. The summed E-state index contributed by atoms with van der Waals surface area (Å²) < 4.78 is 0. The van der Waals surface area contributed by atoms with Gasteiger partial charge in [-0.25, -0.2) is 0 Å². The largest absolute Gasteiger partial charge is 0.0683 e. The van der Waals surface area contributed by atoms with E-state index in [9.17, 15) is 0 Å². The summed E-state index contributed by atoms with van der Waals surface area (Å²) in [6.07, 6.45) is 14.1. The van der Waals surface area contributed by atoms with Crippen LogP contribution in [-0.4, -0.2) is 11.3 Å². The Balaban J connectivity index is 1.42. The summed E-state index contributed by atoms with van der Waals surface area (Å²) in [5, 5.41) is 6.93. The van der Waals surface area contributed by atoms with Crippen LogP contribution in [-0.2, 0) is 0 Å². The fraction of sp³-hybridized carbons (Fsp3) is 0.273. The van der Waals surface area contributed by atoms with E-state index in [1.807, 2.05) is 0 Å². The minimum absolute atomic E-state index is 0.268. The van der Waals surface area contributed by atoms with Crippen molar-refractivity contribution in [2.45, 2.75) is 75.5 Å². The molecule has 0 nitrogen and oxygen atoms in total. The molecule has 224 valence electrons. The number of benzene rings is 6. The van der Waals surface area contributed by atoms with Gasteiger partial charge < -0.3 is 0 Å². The zero-order chi connectivity index (χ0) is 30.0. The normalized spacial score (nSPS) is 16.5. The lowest BCUT2D eigenvalue weighted by Crippen LogP contribution is -2.27. The lowest BCUT2D eigenvalue weighted by atomic mass is 9.85. The van der Waals surface area contributed by atoms with Crippen LogP contribution >= 0.6 is 7.92 Å². The lowest BCUT2D eigenvalue weighted by molar-refractivity contribution is 0.487. The fourth-order valence-electron chi connectivity index (χ4n) is 8.53. The summed E-state index contributed by atoms with van der Waals surface area (Å²) in [4.78, 5) is 0. The Labute approximate surface area is 270 Å². The van der Waals surface area contributed by atoms with Crippen molar-refractivity contribution >= 4 is 34.8 Å². The molecule has 1 heteroatoms. The Morgan fingerprint density at radius 2 is 0.756 bits per heavy atom. The first kappa shape index (κ1) is 28.7. The van der Waals surface area contributed by atoms with Gasteiger partial charge in [-0.3, -0.25) is 0 Å². The van der Waals surface area contributed by atoms with Crippen molar-refractivity contribution in [3.63, 3.8) is 0 Å². The van der Waals surface area contributed by atoms with Crippen LogP contribution in [0.4, 0.5) is 0 Å². The van der Waals surface area contributed by atoms with Crippen molar-refractivity contribution in [1.82, 2.24) is 0 Å². The number of hydrogen-bond donors (Lipinski definition) is 0. The van der Waals surface area contributed by atoms with E-state index in [0.29, 0.717) is 0 Å². The molecule has 6 aromatic carbocycles. The van der Waals surface area contributed by atoms with Crippen molar-refractivity contribution in [3.05, 3.63) is 127 Å². The van der Waals surface area contributed by atoms with Gasteiger partial charge in [-0.1, -0.05) is 174 Å². The van der Waals surface area contributed by atoms with Crippen molar-refractivity contribution in [3.8, 4) is 33.4 Å². The molecule has 0 heterocycles. The first-order valence-corrected chi connectivity index (χ1v) is 18.8. The van der Waals surface area contributed by atoms with E-state index in [2.05, 4.69) is 127 Å². The van der Waals surface area contributed by atoms with Crippen molar-refractivity contribution in [1.29, 1.82) is 0 Å². The molecule has 0 radical (unpaired) electrons. The average molecular weight is 603 g/mol. The summed E-state index contributed by atoms with van der Waals surface area (Å²) in [5.74, 6) is 0. The van der Waals surface area contributed by atoms with E-state index < -0.39 is 0 Å². The molecule has 0 bridgehead atoms. The standard InChI is InChI=1S/C44H43P/c1-3-20-34(21-4-1)45(35-22-5-2-6-23-35)43-31-12-11-26-42(43)44-40(38-27-13-18-32-16-7-9-24-36(32)38)29-15-30-41(44)39-28-14-19-33-17-8-10-25-37(33)39/h7-19,24-31,34-35H,1-6,20-23H2. The van der Waals surface area contributed by atoms with Gasteiger partial charge in [-0.05, 0) is 97.2 Å². The average Bonchev–Trinajstić information content (AvgIpc) is 3.12. The topological polar surface area (TPSA) is 0 Å². The molecule has 0 amide bonds. The second-order valence-electron chi connectivity index (χ2n) is 13.3. The first-order valence-electron chi connectivity index (χ1n) is 17.3. The van der Waals surface area contributed by atoms with Gasteiger partial charge in [0.1, 0.15) is 0 Å². The maximum absolute atomic E-state index is 2.55. The van der Waals surface area contributed by atoms with Gasteiger partial charge in [0, 0.05) is 0 Å². The lowest BCUT2D eigenvalue weighted by Gasteiger charge is -2.40. The minimum atomic E-state index is -0.268. The molecule has 45 heavy (non-hydrogen) atoms. The van der Waals surface area contributed by atoms with E-state index in [1.54, 1.807) is 5.30 Å². The van der Waals surface area contributed by atoms with Crippen LogP contribution in [0.25, 0.3) is 54.9 Å². The SMILES string of the molecule is c1ccc(P(C2CCCCC2)C2CCCCC2)c(-c2c(-c3cccc4ccccc34)cccc2-c2cccc3ccccc23)c1. The van der Waals surface area contributed by atoms with Gasteiger partial charge in [-0.15, -0.1) is 0 Å². The van der Waals surface area contributed by atoms with Gasteiger partial charge in [-0.2, -0.15) is 0 Å². The molecular formula is C44H43P. The molecule has 2 aliphatic rings. The van der Waals surface area contributed by atoms with Crippen LogP contribution in [0.5, 0.6) is 0 Å². The van der Waals surface area contributed by atoms with Crippen molar-refractivity contribution < 1.29 is 0 Å². The highest BCUT2D eigenvalue weighted by Gasteiger charge is 2.34. The zero-order valence-electron chi connectivity index (χ0n) is 26.3. The molecule has 0 N–H and O–H groups in total. The third-order valence-electron chi connectivity index (χ3n) is 10.6. The maximum atomic E-state index is 2.55. The van der Waals surface area contributed by atoms with Gasteiger partial charge in [0.15, 0.2) is 0 Å². The number of fused-ring (bicyclic) bond motifs is 2. The Bertz CT molecular complexity index is 1810. The van der Waals surface area contributed by atoms with Gasteiger partial charge in [0.05, 0.1) is 0 Å². The quantitative estimate of drug-likeness (QED) is 0.166. The monoisotopic (exact) mass is 602 g/mol. The second-order valence-corrected chi connectivity index (χ2v) is 16.0. The zero-order valence-corrected chi connectivity index (χ0v) is 27.2. The Morgan fingerprint density at radius 3 is 1.31 bits per heavy atom. The maximum Gasteiger partial charge on any atom is -0.00200 e. The highest BCUT2D eigenvalue weighted by atomic mass is 31.1. The van der Waals surface area contributed by atoms with Crippen LogP contribution in [0.2, 0.25) is 0 Å². The van der Waals surface area contributed by atoms with E-state index in [4.69, 9.17) is 0 Å². The predicted molar refractivity (Wildman–Crippen MR) is 198 cm³/mol. The highest BCUT2D eigenvalue weighted by molar-refractivity contribution is 7.67. The Kier molecular flexibility index (Phi) is 8.26. The summed E-state index contributed by atoms with van der Waals surface area (Å²) in [5.41, 5.74) is 9.97. The highest BCUT2D eigenvalue weighted by Crippen LogP contribution is 2.57. The summed E-state index contributed by atoms with van der Waals surface area (Å²) >= 11 is 0. The third kappa shape index (κ3) is 5.53. The van der Waals surface area contributed by atoms with Gasteiger partial charge >= 0.3 is 0 Å². The van der Waals surface area contributed by atoms with Crippen LogP contribution in [0.1, 0.15) is 64.2 Å². The molecular weight excluding hydrogens is 559 g/mol. The molecule has 0 unspecified atom stereocenters. The number of hydrogen-bond acceptors (Lipinski definition) is 0. The predicted octanol–water partition coefficient (Wildman–Crippen LogP) is 12.8. The molecule has 0 saturated heterocycles. The minimum Gasteiger partial charge on any atom is -0.0683 e. The Morgan fingerprint density at radius 1 is 0.356 bits per heavy atom. The third-order valence-corrected chi connectivity index (χ3v) is 14.2. The van der Waals surface area contributed by atoms with Crippen LogP contribution < -0.4 is 5.30 Å². The fourth-order valence-corrected chi connectivity index (χ4v) is 12.5. The molecule has 0 atom stereocenters. The van der Waals surface area contributed by atoms with Crippen LogP contribution in [0, 0.1) is 0 Å². The van der Waals surface area contributed by atoms with Gasteiger partial charge in [0.25, 0.3) is 0 Å². The van der Waals surface area contributed by atoms with E-state index in [1.165, 1.54) is 119 Å². The second kappa shape index (κ2) is 12.9. The molecule has 0 spiro atoms.